The Morgan fingerprint density at radius 2 is 1.88 bits per heavy atom. The van der Waals surface area contributed by atoms with Gasteiger partial charge in [-0.2, -0.15) is 23.0 Å². The molecule has 8 nitrogen and oxygen atoms in total. The highest BCUT2D eigenvalue weighted by Crippen LogP contribution is 2.36. The van der Waals surface area contributed by atoms with Crippen molar-refractivity contribution in [1.29, 1.82) is 0 Å². The van der Waals surface area contributed by atoms with Crippen LogP contribution in [0.2, 0.25) is 0 Å². The molecule has 1 atom stereocenters. The molecule has 0 aliphatic heterocycles. The van der Waals surface area contributed by atoms with E-state index >= 15 is 0 Å². The highest BCUT2D eigenvalue weighted by Gasteiger charge is 2.33. The van der Waals surface area contributed by atoms with Crippen LogP contribution in [-0.2, 0) is 11.0 Å². The smallest absolute Gasteiger partial charge is 0.416 e. The van der Waals surface area contributed by atoms with Gasteiger partial charge in [0.25, 0.3) is 5.91 Å². The lowest BCUT2D eigenvalue weighted by molar-refractivity contribution is -0.138. The first-order valence-corrected chi connectivity index (χ1v) is 9.33. The number of alkyl halides is 3. The number of hydrogen-bond acceptors (Lipinski definition) is 5. The number of rotatable bonds is 7. The fourth-order valence-electron chi connectivity index (χ4n) is 3.11. The van der Waals surface area contributed by atoms with Crippen LogP contribution < -0.4 is 10.1 Å². The molecule has 0 aliphatic rings. The van der Waals surface area contributed by atoms with Gasteiger partial charge < -0.3 is 20.3 Å². The number of hydrogen-bond donors (Lipinski definition) is 3. The van der Waals surface area contributed by atoms with Crippen LogP contribution in [0.5, 0.6) is 11.6 Å². The number of carbonyl (C=O) groups is 2. The minimum atomic E-state index is -4.72. The maximum atomic E-state index is 14.0. The monoisotopic (exact) mass is 467 g/mol. The van der Waals surface area contributed by atoms with E-state index in [-0.39, 0.29) is 17.0 Å². The molecule has 33 heavy (non-hydrogen) atoms. The summed E-state index contributed by atoms with van der Waals surface area (Å²) in [7, 11) is 1.18. The van der Waals surface area contributed by atoms with Gasteiger partial charge in [-0.1, -0.05) is 12.1 Å². The molecule has 12 heteroatoms. The van der Waals surface area contributed by atoms with E-state index < -0.39 is 53.5 Å². The van der Waals surface area contributed by atoms with E-state index in [1.807, 2.05) is 0 Å². The molecule has 1 amide bonds. The van der Waals surface area contributed by atoms with Gasteiger partial charge >= 0.3 is 12.1 Å². The molecule has 0 radical (unpaired) electrons. The minimum absolute atomic E-state index is 0.0747. The number of nitrogens with one attached hydrogen (secondary N) is 1. The van der Waals surface area contributed by atoms with Gasteiger partial charge in [0, 0.05) is 11.6 Å². The number of amides is 1. The lowest BCUT2D eigenvalue weighted by atomic mass is 9.99. The van der Waals surface area contributed by atoms with Crippen LogP contribution in [0.4, 0.5) is 17.6 Å². The van der Waals surface area contributed by atoms with E-state index in [9.17, 15) is 37.4 Å². The molecule has 3 N–H and O–H groups in total. The highest BCUT2D eigenvalue weighted by molar-refractivity contribution is 5.93. The van der Waals surface area contributed by atoms with E-state index in [0.29, 0.717) is 6.07 Å². The maximum absolute atomic E-state index is 14.0. The van der Waals surface area contributed by atoms with E-state index in [4.69, 9.17) is 4.74 Å². The van der Waals surface area contributed by atoms with Gasteiger partial charge in [-0.05, 0) is 30.3 Å². The number of benzene rings is 2. The summed E-state index contributed by atoms with van der Waals surface area (Å²) in [4.78, 5) is 24.1. The van der Waals surface area contributed by atoms with Crippen molar-refractivity contribution >= 4 is 11.9 Å². The van der Waals surface area contributed by atoms with E-state index in [1.54, 1.807) is 0 Å². The second-order valence-corrected chi connectivity index (χ2v) is 6.83. The average molecular weight is 467 g/mol. The molecule has 3 aromatic rings. The number of halogens is 4. The van der Waals surface area contributed by atoms with Gasteiger partial charge in [0.15, 0.2) is 5.69 Å². The van der Waals surface area contributed by atoms with Crippen molar-refractivity contribution in [2.24, 2.45) is 0 Å². The standard InChI is InChI=1S/C21H17F4N3O5/c1-33-17-7-6-11(21(23,24)25)8-12(17)14(10-19(30)31)26-20(32)15-9-18(29)28(27-15)16-5-3-2-4-13(16)22/h2-9,14,29H,10H2,1H3,(H,26,32)(H,30,31). The lowest BCUT2D eigenvalue weighted by Crippen LogP contribution is -2.31. The second-order valence-electron chi connectivity index (χ2n) is 6.83. The van der Waals surface area contributed by atoms with Crippen molar-refractivity contribution in [3.8, 4) is 17.3 Å². The van der Waals surface area contributed by atoms with Crippen LogP contribution in [0.3, 0.4) is 0 Å². The van der Waals surface area contributed by atoms with Crippen molar-refractivity contribution in [2.75, 3.05) is 7.11 Å². The van der Waals surface area contributed by atoms with Crippen molar-refractivity contribution < 1.29 is 42.1 Å². The zero-order valence-corrected chi connectivity index (χ0v) is 16.9. The number of methoxy groups -OCH3 is 1. The summed E-state index contributed by atoms with van der Waals surface area (Å²) in [6.07, 6.45) is -5.49. The highest BCUT2D eigenvalue weighted by atomic mass is 19.4. The third-order valence-corrected chi connectivity index (χ3v) is 4.62. The molecule has 2 aromatic carbocycles. The number of aliphatic carboxylic acids is 1. The summed E-state index contributed by atoms with van der Waals surface area (Å²) in [6.45, 7) is 0. The van der Waals surface area contributed by atoms with Gasteiger partial charge in [0.05, 0.1) is 25.1 Å². The Kier molecular flexibility index (Phi) is 6.56. The maximum Gasteiger partial charge on any atom is 0.416 e. The average Bonchev–Trinajstić information content (AvgIpc) is 3.13. The number of aromatic hydroxyl groups is 1. The number of para-hydroxylation sites is 1. The third kappa shape index (κ3) is 5.22. The molecule has 0 spiro atoms. The SMILES string of the molecule is COc1ccc(C(F)(F)F)cc1C(CC(=O)O)NC(=O)c1cc(O)n(-c2ccccc2F)n1. The van der Waals surface area contributed by atoms with Crippen LogP contribution in [-0.4, -0.2) is 39.0 Å². The number of carbonyl (C=O) groups excluding carboxylic acids is 1. The summed E-state index contributed by atoms with van der Waals surface area (Å²) in [5.41, 5.74) is -1.86. The molecule has 0 aliphatic carbocycles. The largest absolute Gasteiger partial charge is 0.496 e. The second kappa shape index (κ2) is 9.18. The number of aromatic nitrogens is 2. The van der Waals surface area contributed by atoms with Crippen LogP contribution in [0.25, 0.3) is 5.69 Å². The molecular formula is C21H17F4N3O5. The fraction of sp³-hybridized carbons (Fsp3) is 0.190. The van der Waals surface area contributed by atoms with Crippen molar-refractivity contribution in [3.63, 3.8) is 0 Å². The Balaban J connectivity index is 1.97. The van der Waals surface area contributed by atoms with Gasteiger partial charge in [-0.3, -0.25) is 9.59 Å². The Morgan fingerprint density at radius 1 is 1.18 bits per heavy atom. The molecular weight excluding hydrogens is 450 g/mol. The molecule has 0 bridgehead atoms. The predicted octanol–water partition coefficient (Wildman–Crippen LogP) is 3.69. The van der Waals surface area contributed by atoms with Crippen molar-refractivity contribution in [1.82, 2.24) is 15.1 Å². The van der Waals surface area contributed by atoms with Gasteiger partial charge in [-0.25, -0.2) is 4.39 Å². The summed E-state index contributed by atoms with van der Waals surface area (Å²) in [5.74, 6) is -3.81. The molecule has 0 fully saturated rings. The first kappa shape index (κ1) is 23.6. The van der Waals surface area contributed by atoms with E-state index in [1.165, 1.54) is 25.3 Å². The van der Waals surface area contributed by atoms with Crippen molar-refractivity contribution in [2.45, 2.75) is 18.6 Å². The molecule has 3 rings (SSSR count). The van der Waals surface area contributed by atoms with Crippen LogP contribution in [0.1, 0.15) is 34.1 Å². The topological polar surface area (TPSA) is 114 Å². The van der Waals surface area contributed by atoms with Gasteiger partial charge in [0.2, 0.25) is 5.88 Å². The Hall–Kier alpha value is -4.09. The quantitative estimate of drug-likeness (QED) is 0.457. The van der Waals surface area contributed by atoms with Crippen LogP contribution >= 0.6 is 0 Å². The molecule has 1 aromatic heterocycles. The van der Waals surface area contributed by atoms with Crippen LogP contribution in [0, 0.1) is 5.82 Å². The Labute approximate surface area is 184 Å². The third-order valence-electron chi connectivity index (χ3n) is 4.62. The summed E-state index contributed by atoms with van der Waals surface area (Å²) >= 11 is 0. The fourth-order valence-corrected chi connectivity index (χ4v) is 3.11. The molecule has 0 saturated heterocycles. The first-order valence-electron chi connectivity index (χ1n) is 9.33. The Bertz CT molecular complexity index is 1190. The molecule has 174 valence electrons. The number of carboxylic acids is 1. The van der Waals surface area contributed by atoms with Gasteiger partial charge in [0.1, 0.15) is 17.3 Å². The lowest BCUT2D eigenvalue weighted by Gasteiger charge is -2.21. The number of carboxylic acid groups (broad SMARTS) is 1. The summed E-state index contributed by atoms with van der Waals surface area (Å²) in [6, 6.07) is 7.21. The predicted molar refractivity (Wildman–Crippen MR) is 106 cm³/mol. The van der Waals surface area contributed by atoms with E-state index in [2.05, 4.69) is 10.4 Å². The zero-order chi connectivity index (χ0) is 24.3. The summed E-state index contributed by atoms with van der Waals surface area (Å²) < 4.78 is 59.4. The molecule has 1 unspecified atom stereocenters. The zero-order valence-electron chi connectivity index (χ0n) is 16.9. The Morgan fingerprint density at radius 3 is 2.48 bits per heavy atom. The minimum Gasteiger partial charge on any atom is -0.496 e. The van der Waals surface area contributed by atoms with Crippen molar-refractivity contribution in [3.05, 3.63) is 71.2 Å². The summed E-state index contributed by atoms with van der Waals surface area (Å²) in [5, 5.41) is 25.4. The first-order chi connectivity index (χ1) is 15.5. The van der Waals surface area contributed by atoms with Gasteiger partial charge in [-0.15, -0.1) is 0 Å². The molecule has 1 heterocycles. The normalized spacial score (nSPS) is 12.3. The number of nitrogens with zero attached hydrogens (tertiary/aromatic N) is 2. The van der Waals surface area contributed by atoms with E-state index in [0.717, 1.165) is 28.9 Å². The number of ether oxygens (including phenoxy) is 1. The molecule has 0 saturated carbocycles. The van der Waals surface area contributed by atoms with Crippen LogP contribution in [0.15, 0.2) is 48.5 Å².